The van der Waals surface area contributed by atoms with Gasteiger partial charge >= 0.3 is 0 Å². The van der Waals surface area contributed by atoms with Gasteiger partial charge in [0.1, 0.15) is 0 Å². The summed E-state index contributed by atoms with van der Waals surface area (Å²) in [4.78, 5) is 26.0. The van der Waals surface area contributed by atoms with E-state index in [1.54, 1.807) is 6.92 Å². The van der Waals surface area contributed by atoms with Crippen LogP contribution in [0, 0.1) is 5.92 Å². The van der Waals surface area contributed by atoms with Crippen LogP contribution in [-0.2, 0) is 9.59 Å². The molecule has 2 fully saturated rings. The summed E-state index contributed by atoms with van der Waals surface area (Å²) in [6.07, 6.45) is 4.50. The summed E-state index contributed by atoms with van der Waals surface area (Å²) in [6, 6.07) is 7.95. The first-order valence-electron chi connectivity index (χ1n) is 9.56. The third kappa shape index (κ3) is 4.98. The van der Waals surface area contributed by atoms with Crippen LogP contribution >= 0.6 is 11.6 Å². The van der Waals surface area contributed by atoms with Crippen molar-refractivity contribution in [3.05, 3.63) is 34.9 Å². The maximum atomic E-state index is 12.7. The van der Waals surface area contributed by atoms with Gasteiger partial charge in [-0.2, -0.15) is 0 Å². The lowest BCUT2D eigenvalue weighted by atomic mass is 9.92. The molecule has 3 rings (SSSR count). The quantitative estimate of drug-likeness (QED) is 0.829. The van der Waals surface area contributed by atoms with Gasteiger partial charge in [0.15, 0.2) is 0 Å². The van der Waals surface area contributed by atoms with E-state index < -0.39 is 0 Å². The van der Waals surface area contributed by atoms with Gasteiger partial charge < -0.3 is 15.5 Å². The van der Waals surface area contributed by atoms with Crippen molar-refractivity contribution in [2.75, 3.05) is 19.6 Å². The third-order valence-electron chi connectivity index (χ3n) is 5.56. The molecule has 0 aromatic heterocycles. The molecule has 2 atom stereocenters. The lowest BCUT2D eigenvalue weighted by Crippen LogP contribution is -2.42. The smallest absolute Gasteiger partial charge is 0.220 e. The average molecular weight is 378 g/mol. The minimum atomic E-state index is -0.0546. The van der Waals surface area contributed by atoms with E-state index >= 15 is 0 Å². The van der Waals surface area contributed by atoms with E-state index in [0.29, 0.717) is 17.4 Å². The van der Waals surface area contributed by atoms with Crippen molar-refractivity contribution in [2.45, 2.75) is 51.1 Å². The third-order valence-corrected chi connectivity index (χ3v) is 5.79. The normalized spacial score (nSPS) is 22.2. The highest BCUT2D eigenvalue weighted by Gasteiger charge is 2.29. The Morgan fingerprint density at radius 3 is 2.69 bits per heavy atom. The van der Waals surface area contributed by atoms with Crippen LogP contribution in [-0.4, -0.2) is 42.4 Å². The van der Waals surface area contributed by atoms with Crippen LogP contribution in [0.1, 0.15) is 50.6 Å². The summed E-state index contributed by atoms with van der Waals surface area (Å²) in [7, 11) is 0. The predicted molar refractivity (Wildman–Crippen MR) is 103 cm³/mol. The summed E-state index contributed by atoms with van der Waals surface area (Å²) < 4.78 is 0. The molecule has 0 spiro atoms. The molecule has 2 aliphatic rings. The van der Waals surface area contributed by atoms with Crippen LogP contribution in [0.15, 0.2) is 24.3 Å². The molecule has 0 aliphatic carbocycles. The minimum absolute atomic E-state index is 0.0546. The van der Waals surface area contributed by atoms with Crippen molar-refractivity contribution >= 4 is 23.4 Å². The predicted octanol–water partition coefficient (Wildman–Crippen LogP) is 2.90. The highest BCUT2D eigenvalue weighted by molar-refractivity contribution is 6.30. The summed E-state index contributed by atoms with van der Waals surface area (Å²) in [6.45, 7) is 4.11. The number of carbonyl (C=O) groups excluding carboxylic acids is 2. The van der Waals surface area contributed by atoms with E-state index in [2.05, 4.69) is 10.6 Å². The SMILES string of the molecule is CC(=O)N1CCC(CC(=O)N[C@@H](c2cccc(Cl)c2)C2CCCN2)CC1. The molecule has 1 aromatic rings. The topological polar surface area (TPSA) is 61.4 Å². The number of benzene rings is 1. The first-order valence-corrected chi connectivity index (χ1v) is 9.94. The van der Waals surface area contributed by atoms with E-state index in [9.17, 15) is 9.59 Å². The van der Waals surface area contributed by atoms with Crippen molar-refractivity contribution in [1.82, 2.24) is 15.5 Å². The van der Waals surface area contributed by atoms with Crippen LogP contribution in [0.3, 0.4) is 0 Å². The van der Waals surface area contributed by atoms with Gasteiger partial charge in [0, 0.05) is 37.5 Å². The number of likely N-dealkylation sites (tertiary alicyclic amines) is 1. The van der Waals surface area contributed by atoms with Crippen molar-refractivity contribution in [3.8, 4) is 0 Å². The maximum Gasteiger partial charge on any atom is 0.220 e. The molecule has 26 heavy (non-hydrogen) atoms. The van der Waals surface area contributed by atoms with E-state index in [0.717, 1.165) is 50.9 Å². The molecule has 1 unspecified atom stereocenters. The molecule has 1 aromatic carbocycles. The Hall–Kier alpha value is -1.59. The Morgan fingerprint density at radius 2 is 2.08 bits per heavy atom. The van der Waals surface area contributed by atoms with Gasteiger partial charge in [0.2, 0.25) is 11.8 Å². The average Bonchev–Trinajstić information content (AvgIpc) is 3.14. The maximum absolute atomic E-state index is 12.7. The minimum Gasteiger partial charge on any atom is -0.348 e. The zero-order valence-corrected chi connectivity index (χ0v) is 16.1. The van der Waals surface area contributed by atoms with Crippen LogP contribution in [0.5, 0.6) is 0 Å². The molecule has 2 aliphatic heterocycles. The van der Waals surface area contributed by atoms with Crippen molar-refractivity contribution < 1.29 is 9.59 Å². The fraction of sp³-hybridized carbons (Fsp3) is 0.600. The molecule has 2 N–H and O–H groups in total. The Bertz CT molecular complexity index is 638. The molecule has 2 saturated heterocycles. The number of nitrogens with zero attached hydrogens (tertiary/aromatic N) is 1. The van der Waals surface area contributed by atoms with Crippen LogP contribution < -0.4 is 10.6 Å². The molecule has 5 nitrogen and oxygen atoms in total. The van der Waals surface area contributed by atoms with Crippen LogP contribution in [0.25, 0.3) is 0 Å². The second kappa shape index (κ2) is 8.87. The molecule has 2 heterocycles. The molecule has 2 amide bonds. The fourth-order valence-corrected chi connectivity index (χ4v) is 4.26. The summed E-state index contributed by atoms with van der Waals surface area (Å²) in [5, 5.41) is 7.43. The number of hydrogen-bond acceptors (Lipinski definition) is 3. The van der Waals surface area contributed by atoms with Gasteiger partial charge in [-0.15, -0.1) is 0 Å². The molecule has 0 saturated carbocycles. The van der Waals surface area contributed by atoms with Crippen molar-refractivity contribution in [3.63, 3.8) is 0 Å². The second-order valence-corrected chi connectivity index (χ2v) is 7.89. The van der Waals surface area contributed by atoms with Gasteiger partial charge in [-0.3, -0.25) is 9.59 Å². The van der Waals surface area contributed by atoms with E-state index in [4.69, 9.17) is 11.6 Å². The monoisotopic (exact) mass is 377 g/mol. The molecule has 6 heteroatoms. The first kappa shape index (κ1) is 19.2. The molecule has 0 radical (unpaired) electrons. The lowest BCUT2D eigenvalue weighted by Gasteiger charge is -2.32. The van der Waals surface area contributed by atoms with Crippen molar-refractivity contribution in [2.24, 2.45) is 5.92 Å². The molecule has 0 bridgehead atoms. The van der Waals surface area contributed by atoms with Gasteiger partial charge in [-0.1, -0.05) is 23.7 Å². The first-order chi connectivity index (χ1) is 12.5. The number of piperidine rings is 1. The van der Waals surface area contributed by atoms with Crippen LogP contribution in [0.2, 0.25) is 5.02 Å². The fourth-order valence-electron chi connectivity index (χ4n) is 4.06. The standard InChI is InChI=1S/C20H28ClN3O2/c1-14(25)24-10-7-15(8-11-24)12-19(26)23-20(18-6-3-9-22-18)16-4-2-5-17(21)13-16/h2,4-5,13,15,18,20,22H,3,6-12H2,1H3,(H,23,26)/t18?,20-/m0/s1. The zero-order chi connectivity index (χ0) is 18.5. The summed E-state index contributed by atoms with van der Waals surface area (Å²) >= 11 is 6.16. The second-order valence-electron chi connectivity index (χ2n) is 7.46. The molecule has 142 valence electrons. The Balaban J connectivity index is 1.60. The number of hydrogen-bond donors (Lipinski definition) is 2. The highest BCUT2D eigenvalue weighted by Crippen LogP contribution is 2.26. The van der Waals surface area contributed by atoms with E-state index in [-0.39, 0.29) is 23.9 Å². The Kier molecular flexibility index (Phi) is 6.54. The summed E-state index contributed by atoms with van der Waals surface area (Å²) in [5.41, 5.74) is 1.05. The Morgan fingerprint density at radius 1 is 1.31 bits per heavy atom. The Labute approximate surface area is 160 Å². The van der Waals surface area contributed by atoms with Crippen molar-refractivity contribution in [1.29, 1.82) is 0 Å². The number of carbonyl (C=O) groups is 2. The van der Waals surface area contributed by atoms with Gasteiger partial charge in [-0.05, 0) is 55.8 Å². The highest BCUT2D eigenvalue weighted by atomic mass is 35.5. The van der Waals surface area contributed by atoms with Crippen LogP contribution in [0.4, 0.5) is 0 Å². The number of halogens is 1. The lowest BCUT2D eigenvalue weighted by molar-refractivity contribution is -0.130. The number of rotatable bonds is 5. The largest absolute Gasteiger partial charge is 0.348 e. The van der Waals surface area contributed by atoms with E-state index in [1.165, 1.54) is 0 Å². The van der Waals surface area contributed by atoms with Gasteiger partial charge in [-0.25, -0.2) is 0 Å². The van der Waals surface area contributed by atoms with Gasteiger partial charge in [0.25, 0.3) is 0 Å². The molecular formula is C20H28ClN3O2. The van der Waals surface area contributed by atoms with E-state index in [1.807, 2.05) is 29.2 Å². The number of nitrogens with one attached hydrogen (secondary N) is 2. The number of amides is 2. The zero-order valence-electron chi connectivity index (χ0n) is 15.3. The molecular weight excluding hydrogens is 350 g/mol. The summed E-state index contributed by atoms with van der Waals surface area (Å²) in [5.74, 6) is 0.563. The van der Waals surface area contributed by atoms with Gasteiger partial charge in [0.05, 0.1) is 6.04 Å².